The molecule has 3 rings (SSSR count). The molecule has 4 nitrogen and oxygen atoms in total. The molecule has 2 aromatic carbocycles. The minimum atomic E-state index is -0.799. The van der Waals surface area contributed by atoms with Crippen molar-refractivity contribution in [3.05, 3.63) is 69.7 Å². The van der Waals surface area contributed by atoms with Crippen LogP contribution >= 0.6 is 23.2 Å². The highest BCUT2D eigenvalue weighted by atomic mass is 35.5. The molecule has 27 heavy (non-hydrogen) atoms. The van der Waals surface area contributed by atoms with Crippen LogP contribution in [0.2, 0.25) is 10.0 Å². The Morgan fingerprint density at radius 1 is 1.07 bits per heavy atom. The first-order valence-corrected chi connectivity index (χ1v) is 9.36. The quantitative estimate of drug-likeness (QED) is 0.508. The molecule has 6 heteroatoms. The van der Waals surface area contributed by atoms with E-state index in [0.29, 0.717) is 46.2 Å². The molecule has 1 aliphatic rings. The number of ether oxygens (including phenoxy) is 1. The average Bonchev–Trinajstić information content (AvgIpc) is 3.12. The van der Waals surface area contributed by atoms with Gasteiger partial charge >= 0.3 is 5.97 Å². The van der Waals surface area contributed by atoms with E-state index in [1.165, 1.54) is 6.08 Å². The Morgan fingerprint density at radius 3 is 2.59 bits per heavy atom. The summed E-state index contributed by atoms with van der Waals surface area (Å²) >= 11 is 12.1. The van der Waals surface area contributed by atoms with E-state index in [4.69, 9.17) is 33.0 Å². The zero-order chi connectivity index (χ0) is 19.4. The van der Waals surface area contributed by atoms with Crippen LogP contribution in [-0.4, -0.2) is 23.0 Å². The fraction of sp³-hybridized carbons (Fsp3) is 0.238. The van der Waals surface area contributed by atoms with Crippen LogP contribution in [-0.2, 0) is 4.79 Å². The average molecular weight is 405 g/mol. The van der Waals surface area contributed by atoms with Gasteiger partial charge in [-0.1, -0.05) is 47.5 Å². The molecule has 0 spiro atoms. The molecule has 1 N–H and O–H groups in total. The lowest BCUT2D eigenvalue weighted by atomic mass is 10.1. The number of halogens is 2. The summed E-state index contributed by atoms with van der Waals surface area (Å²) < 4.78 is 5.94. The molecular weight excluding hydrogens is 387 g/mol. The minimum Gasteiger partial charge on any atom is -0.490 e. The van der Waals surface area contributed by atoms with Gasteiger partial charge in [0.1, 0.15) is 5.75 Å². The molecule has 1 saturated carbocycles. The first-order chi connectivity index (χ1) is 13.0. The van der Waals surface area contributed by atoms with Crippen molar-refractivity contribution < 1.29 is 19.4 Å². The number of benzene rings is 2. The SMILES string of the molecule is O=C(C=Cc1cccc(Cl)c1Cl)c1ccccc1O[C@H]1CC[C@H](C(=O)O)C1. The van der Waals surface area contributed by atoms with Crippen molar-refractivity contribution in [2.24, 2.45) is 5.92 Å². The van der Waals surface area contributed by atoms with Crippen LogP contribution in [0.3, 0.4) is 0 Å². The predicted molar refractivity (Wildman–Crippen MR) is 106 cm³/mol. The van der Waals surface area contributed by atoms with Crippen molar-refractivity contribution in [2.45, 2.75) is 25.4 Å². The second kappa shape index (κ2) is 8.59. The highest BCUT2D eigenvalue weighted by molar-refractivity contribution is 6.42. The predicted octanol–water partition coefficient (Wildman–Crippen LogP) is 5.52. The summed E-state index contributed by atoms with van der Waals surface area (Å²) in [6.07, 6.45) is 4.53. The minimum absolute atomic E-state index is 0.202. The maximum atomic E-state index is 12.6. The third kappa shape index (κ3) is 4.71. The van der Waals surface area contributed by atoms with Gasteiger partial charge in [-0.15, -0.1) is 0 Å². The maximum absolute atomic E-state index is 12.6. The number of aliphatic carboxylic acids is 1. The number of hydrogen-bond acceptors (Lipinski definition) is 3. The third-order valence-corrected chi connectivity index (χ3v) is 5.41. The Hall–Kier alpha value is -2.30. The van der Waals surface area contributed by atoms with Gasteiger partial charge in [-0.2, -0.15) is 0 Å². The smallest absolute Gasteiger partial charge is 0.306 e. The number of ketones is 1. The Balaban J connectivity index is 1.75. The first kappa shape index (κ1) is 19.5. The van der Waals surface area contributed by atoms with Crippen LogP contribution in [0, 0.1) is 5.92 Å². The van der Waals surface area contributed by atoms with E-state index in [1.807, 2.05) is 0 Å². The summed E-state index contributed by atoms with van der Waals surface area (Å²) in [7, 11) is 0. The molecule has 0 saturated heterocycles. The van der Waals surface area contributed by atoms with Gasteiger partial charge in [-0.05, 0) is 55.2 Å². The molecule has 0 aromatic heterocycles. The molecule has 0 amide bonds. The van der Waals surface area contributed by atoms with Gasteiger partial charge in [0.25, 0.3) is 0 Å². The molecule has 0 heterocycles. The molecule has 0 bridgehead atoms. The van der Waals surface area contributed by atoms with Crippen LogP contribution < -0.4 is 4.74 Å². The van der Waals surface area contributed by atoms with E-state index < -0.39 is 5.97 Å². The number of hydrogen-bond donors (Lipinski definition) is 1. The van der Waals surface area contributed by atoms with Gasteiger partial charge in [0.15, 0.2) is 5.78 Å². The van der Waals surface area contributed by atoms with Crippen LogP contribution in [0.15, 0.2) is 48.5 Å². The molecule has 0 unspecified atom stereocenters. The Labute approximate surface area is 167 Å². The molecular formula is C21H18Cl2O4. The molecule has 2 atom stereocenters. The highest BCUT2D eigenvalue weighted by Gasteiger charge is 2.31. The zero-order valence-electron chi connectivity index (χ0n) is 14.4. The van der Waals surface area contributed by atoms with E-state index in [9.17, 15) is 9.59 Å². The number of carboxylic acids is 1. The van der Waals surface area contributed by atoms with Crippen molar-refractivity contribution in [1.82, 2.24) is 0 Å². The lowest BCUT2D eigenvalue weighted by molar-refractivity contribution is -0.141. The molecule has 0 aliphatic heterocycles. The van der Waals surface area contributed by atoms with E-state index in [-0.39, 0.29) is 17.8 Å². The molecule has 140 valence electrons. The largest absolute Gasteiger partial charge is 0.490 e. The van der Waals surface area contributed by atoms with Crippen LogP contribution in [0.5, 0.6) is 5.75 Å². The summed E-state index contributed by atoms with van der Waals surface area (Å²) in [5.74, 6) is -0.954. The van der Waals surface area contributed by atoms with Crippen molar-refractivity contribution in [1.29, 1.82) is 0 Å². The van der Waals surface area contributed by atoms with Gasteiger partial charge in [-0.3, -0.25) is 9.59 Å². The first-order valence-electron chi connectivity index (χ1n) is 8.60. The maximum Gasteiger partial charge on any atom is 0.306 e. The van der Waals surface area contributed by atoms with Crippen molar-refractivity contribution in [2.75, 3.05) is 0 Å². The van der Waals surface area contributed by atoms with Gasteiger partial charge < -0.3 is 9.84 Å². The summed E-state index contributed by atoms with van der Waals surface area (Å²) in [4.78, 5) is 23.8. The fourth-order valence-electron chi connectivity index (χ4n) is 3.13. The second-order valence-corrected chi connectivity index (χ2v) is 7.21. The molecule has 2 aromatic rings. The molecule has 1 aliphatic carbocycles. The number of para-hydroxylation sites is 1. The lowest BCUT2D eigenvalue weighted by Crippen LogP contribution is -2.16. The molecule has 1 fully saturated rings. The summed E-state index contributed by atoms with van der Waals surface area (Å²) in [6, 6.07) is 12.2. The number of carbonyl (C=O) groups is 2. The van der Waals surface area contributed by atoms with E-state index in [1.54, 1.807) is 48.5 Å². The standard InChI is InChI=1S/C21H18Cl2O4/c22-17-6-3-4-13(20(17)23)9-11-18(24)16-5-1-2-7-19(16)27-15-10-8-14(12-15)21(25)26/h1-7,9,11,14-15H,8,10,12H2,(H,25,26)/t14-,15-/m0/s1. The summed E-state index contributed by atoms with van der Waals surface area (Å²) in [6.45, 7) is 0. The van der Waals surface area contributed by atoms with E-state index in [0.717, 1.165) is 0 Å². The normalized spacial score (nSPS) is 19.3. The van der Waals surface area contributed by atoms with Crippen LogP contribution in [0.25, 0.3) is 6.08 Å². The van der Waals surface area contributed by atoms with Gasteiger partial charge in [0, 0.05) is 0 Å². The highest BCUT2D eigenvalue weighted by Crippen LogP contribution is 2.31. The summed E-state index contributed by atoms with van der Waals surface area (Å²) in [5, 5.41) is 9.93. The number of rotatable bonds is 6. The monoisotopic (exact) mass is 404 g/mol. The zero-order valence-corrected chi connectivity index (χ0v) is 15.9. The Kier molecular flexibility index (Phi) is 6.19. The van der Waals surface area contributed by atoms with E-state index >= 15 is 0 Å². The number of allylic oxidation sites excluding steroid dienone is 1. The Bertz CT molecular complexity index is 892. The van der Waals surface area contributed by atoms with Crippen LogP contribution in [0.4, 0.5) is 0 Å². The van der Waals surface area contributed by atoms with Crippen molar-refractivity contribution in [3.63, 3.8) is 0 Å². The van der Waals surface area contributed by atoms with Gasteiger partial charge in [0.05, 0.1) is 27.6 Å². The van der Waals surface area contributed by atoms with Crippen LogP contribution in [0.1, 0.15) is 35.2 Å². The van der Waals surface area contributed by atoms with E-state index in [2.05, 4.69) is 0 Å². The second-order valence-electron chi connectivity index (χ2n) is 6.42. The number of carbonyl (C=O) groups excluding carboxylic acids is 1. The lowest BCUT2D eigenvalue weighted by Gasteiger charge is -2.15. The van der Waals surface area contributed by atoms with Gasteiger partial charge in [-0.25, -0.2) is 0 Å². The Morgan fingerprint density at radius 2 is 1.85 bits per heavy atom. The molecule has 0 radical (unpaired) electrons. The van der Waals surface area contributed by atoms with Crippen molar-refractivity contribution in [3.8, 4) is 5.75 Å². The number of carboxylic acid groups (broad SMARTS) is 1. The third-order valence-electron chi connectivity index (χ3n) is 4.58. The van der Waals surface area contributed by atoms with Crippen molar-refractivity contribution >= 4 is 41.0 Å². The topological polar surface area (TPSA) is 63.6 Å². The fourth-order valence-corrected chi connectivity index (χ4v) is 3.50. The van der Waals surface area contributed by atoms with Gasteiger partial charge in [0.2, 0.25) is 0 Å². The summed E-state index contributed by atoms with van der Waals surface area (Å²) in [5.41, 5.74) is 1.07.